The van der Waals surface area contributed by atoms with Crippen molar-refractivity contribution < 1.29 is 19.1 Å². The third-order valence-electron chi connectivity index (χ3n) is 2.43. The normalized spacial score (nSPS) is 16.1. The van der Waals surface area contributed by atoms with E-state index in [1.54, 1.807) is 16.7 Å². The molecule has 1 aliphatic heterocycles. The maximum Gasteiger partial charge on any atom is 0.409 e. The number of methoxy groups -OCH3 is 1. The molecule has 0 unspecified atom stereocenters. The van der Waals surface area contributed by atoms with Crippen LogP contribution in [-0.2, 0) is 14.3 Å². The van der Waals surface area contributed by atoms with E-state index in [4.69, 9.17) is 9.47 Å². The molecular weight excluding hydrogens is 212 g/mol. The molecule has 0 atom stereocenters. The van der Waals surface area contributed by atoms with Crippen LogP contribution in [0.25, 0.3) is 0 Å². The van der Waals surface area contributed by atoms with Crippen LogP contribution in [0.1, 0.15) is 6.92 Å². The van der Waals surface area contributed by atoms with E-state index in [2.05, 4.69) is 0 Å². The summed E-state index contributed by atoms with van der Waals surface area (Å²) in [7, 11) is 1.49. The van der Waals surface area contributed by atoms with Gasteiger partial charge in [-0.2, -0.15) is 0 Å². The third-order valence-corrected chi connectivity index (χ3v) is 2.43. The van der Waals surface area contributed by atoms with Crippen molar-refractivity contribution in [2.45, 2.75) is 6.92 Å². The molecule has 6 heteroatoms. The van der Waals surface area contributed by atoms with Gasteiger partial charge in [-0.15, -0.1) is 0 Å². The first-order valence-corrected chi connectivity index (χ1v) is 5.37. The highest BCUT2D eigenvalue weighted by Gasteiger charge is 2.24. The topological polar surface area (TPSA) is 59.1 Å². The van der Waals surface area contributed by atoms with Gasteiger partial charge in [0.05, 0.1) is 6.61 Å². The van der Waals surface area contributed by atoms with Crippen molar-refractivity contribution in [3.05, 3.63) is 0 Å². The third kappa shape index (κ3) is 3.37. The van der Waals surface area contributed by atoms with Crippen LogP contribution in [0.2, 0.25) is 0 Å². The van der Waals surface area contributed by atoms with Crippen molar-refractivity contribution in [2.24, 2.45) is 0 Å². The second-order valence-electron chi connectivity index (χ2n) is 3.50. The predicted molar refractivity (Wildman–Crippen MR) is 57.1 cm³/mol. The fourth-order valence-electron chi connectivity index (χ4n) is 1.57. The number of piperazine rings is 1. The Hall–Kier alpha value is -1.30. The Morgan fingerprint density at radius 1 is 1.12 bits per heavy atom. The van der Waals surface area contributed by atoms with Gasteiger partial charge in [0.25, 0.3) is 0 Å². The molecule has 0 aromatic heterocycles. The van der Waals surface area contributed by atoms with E-state index in [0.717, 1.165) is 0 Å². The van der Waals surface area contributed by atoms with Gasteiger partial charge in [0.2, 0.25) is 5.91 Å². The summed E-state index contributed by atoms with van der Waals surface area (Å²) < 4.78 is 9.66. The van der Waals surface area contributed by atoms with Crippen LogP contribution in [0.4, 0.5) is 4.79 Å². The average Bonchev–Trinajstić information content (AvgIpc) is 2.30. The summed E-state index contributed by atoms with van der Waals surface area (Å²) in [5, 5.41) is 0. The molecule has 16 heavy (non-hydrogen) atoms. The second kappa shape index (κ2) is 6.32. The summed E-state index contributed by atoms with van der Waals surface area (Å²) in [5.74, 6) is -0.0361. The zero-order valence-electron chi connectivity index (χ0n) is 9.77. The molecule has 0 N–H and O–H groups in total. The maximum absolute atomic E-state index is 11.5. The molecule has 1 rings (SSSR count). The van der Waals surface area contributed by atoms with Crippen molar-refractivity contribution in [2.75, 3.05) is 46.5 Å². The van der Waals surface area contributed by atoms with Crippen molar-refractivity contribution in [1.29, 1.82) is 0 Å². The Kier molecular flexibility index (Phi) is 5.04. The molecule has 6 nitrogen and oxygen atoms in total. The predicted octanol–water partition coefficient (Wildman–Crippen LogP) is -0.0665. The number of ether oxygens (including phenoxy) is 2. The molecular formula is C10H18N2O4. The summed E-state index contributed by atoms with van der Waals surface area (Å²) in [5.41, 5.74) is 0. The van der Waals surface area contributed by atoms with Crippen LogP contribution in [0.15, 0.2) is 0 Å². The molecule has 1 heterocycles. The monoisotopic (exact) mass is 230 g/mol. The van der Waals surface area contributed by atoms with Gasteiger partial charge in [-0.25, -0.2) is 4.79 Å². The average molecular weight is 230 g/mol. The molecule has 1 aliphatic rings. The zero-order valence-corrected chi connectivity index (χ0v) is 9.77. The first-order chi connectivity index (χ1) is 7.69. The Morgan fingerprint density at radius 2 is 1.69 bits per heavy atom. The fourth-order valence-corrected chi connectivity index (χ4v) is 1.57. The molecule has 0 spiro atoms. The van der Waals surface area contributed by atoms with E-state index in [1.807, 2.05) is 0 Å². The number of rotatable bonds is 3. The van der Waals surface area contributed by atoms with Gasteiger partial charge in [-0.3, -0.25) is 4.79 Å². The Balaban J connectivity index is 2.33. The lowest BCUT2D eigenvalue weighted by molar-refractivity contribution is -0.136. The highest BCUT2D eigenvalue weighted by atomic mass is 16.6. The molecule has 0 aromatic rings. The molecule has 0 bridgehead atoms. The van der Waals surface area contributed by atoms with Crippen molar-refractivity contribution in [3.63, 3.8) is 0 Å². The van der Waals surface area contributed by atoms with Crippen LogP contribution < -0.4 is 0 Å². The highest BCUT2D eigenvalue weighted by molar-refractivity contribution is 5.78. The van der Waals surface area contributed by atoms with Gasteiger partial charge in [0.1, 0.15) is 6.61 Å². The first-order valence-electron chi connectivity index (χ1n) is 5.37. The second-order valence-corrected chi connectivity index (χ2v) is 3.50. The van der Waals surface area contributed by atoms with E-state index >= 15 is 0 Å². The Bertz CT molecular complexity index is 223. The summed E-state index contributed by atoms with van der Waals surface area (Å²) in [4.78, 5) is 26.1. The molecule has 1 saturated heterocycles. The zero-order chi connectivity index (χ0) is 12.0. The quantitative estimate of drug-likeness (QED) is 0.681. The minimum absolute atomic E-state index is 0.0361. The number of hydrogen-bond acceptors (Lipinski definition) is 4. The van der Waals surface area contributed by atoms with Crippen LogP contribution in [0, 0.1) is 0 Å². The molecule has 0 aromatic carbocycles. The SMILES string of the molecule is CCOC(=O)N1CCN(C(=O)COC)CC1. The van der Waals surface area contributed by atoms with Crippen LogP contribution in [0.5, 0.6) is 0 Å². The van der Waals surface area contributed by atoms with Gasteiger partial charge in [0.15, 0.2) is 0 Å². The number of nitrogens with zero attached hydrogens (tertiary/aromatic N) is 2. The number of amides is 2. The van der Waals surface area contributed by atoms with Gasteiger partial charge in [-0.1, -0.05) is 0 Å². The van der Waals surface area contributed by atoms with E-state index in [0.29, 0.717) is 32.8 Å². The highest BCUT2D eigenvalue weighted by Crippen LogP contribution is 2.04. The molecule has 92 valence electrons. The van der Waals surface area contributed by atoms with Gasteiger partial charge >= 0.3 is 6.09 Å². The van der Waals surface area contributed by atoms with E-state index < -0.39 is 0 Å². The van der Waals surface area contributed by atoms with Gasteiger partial charge in [-0.05, 0) is 6.92 Å². The standard InChI is InChI=1S/C10H18N2O4/c1-3-16-10(14)12-6-4-11(5-7-12)9(13)8-15-2/h3-8H2,1-2H3. The molecule has 0 radical (unpaired) electrons. The fraction of sp³-hybridized carbons (Fsp3) is 0.800. The smallest absolute Gasteiger partial charge is 0.409 e. The Morgan fingerprint density at radius 3 is 2.19 bits per heavy atom. The Labute approximate surface area is 95.1 Å². The van der Waals surface area contributed by atoms with Crippen LogP contribution in [0.3, 0.4) is 0 Å². The molecule has 1 fully saturated rings. The van der Waals surface area contributed by atoms with Crippen molar-refractivity contribution in [1.82, 2.24) is 9.80 Å². The summed E-state index contributed by atoms with van der Waals surface area (Å²) >= 11 is 0. The van der Waals surface area contributed by atoms with Crippen molar-refractivity contribution >= 4 is 12.0 Å². The van der Waals surface area contributed by atoms with Crippen molar-refractivity contribution in [3.8, 4) is 0 Å². The minimum atomic E-state index is -0.304. The van der Waals surface area contributed by atoms with Gasteiger partial charge in [0, 0.05) is 33.3 Å². The number of carbonyl (C=O) groups excluding carboxylic acids is 2. The van der Waals surface area contributed by atoms with E-state index in [1.165, 1.54) is 7.11 Å². The number of carbonyl (C=O) groups is 2. The maximum atomic E-state index is 11.5. The molecule has 0 saturated carbocycles. The van der Waals surface area contributed by atoms with Gasteiger partial charge < -0.3 is 19.3 Å². The lowest BCUT2D eigenvalue weighted by Crippen LogP contribution is -2.51. The molecule has 2 amide bonds. The summed E-state index contributed by atoms with van der Waals surface area (Å²) in [6.07, 6.45) is -0.304. The lowest BCUT2D eigenvalue weighted by Gasteiger charge is -2.33. The first kappa shape index (κ1) is 12.8. The van der Waals surface area contributed by atoms with E-state index in [9.17, 15) is 9.59 Å². The summed E-state index contributed by atoms with van der Waals surface area (Å²) in [6, 6.07) is 0. The molecule has 0 aliphatic carbocycles. The minimum Gasteiger partial charge on any atom is -0.450 e. The number of hydrogen-bond donors (Lipinski definition) is 0. The lowest BCUT2D eigenvalue weighted by atomic mass is 10.3. The van der Waals surface area contributed by atoms with E-state index in [-0.39, 0.29) is 18.6 Å². The van der Waals surface area contributed by atoms with Crippen LogP contribution in [-0.4, -0.2) is 68.3 Å². The summed E-state index contributed by atoms with van der Waals surface area (Å²) in [6.45, 7) is 4.38. The largest absolute Gasteiger partial charge is 0.450 e. The van der Waals surface area contributed by atoms with Crippen LogP contribution >= 0.6 is 0 Å².